The number of carboxylic acids is 1. The van der Waals surface area contributed by atoms with Crippen molar-refractivity contribution in [1.29, 1.82) is 0 Å². The third-order valence-corrected chi connectivity index (χ3v) is 4.67. The van der Waals surface area contributed by atoms with Gasteiger partial charge in [-0.25, -0.2) is 4.98 Å². The maximum Gasteiger partial charge on any atom is 0.309 e. The minimum atomic E-state index is -0.871. The lowest BCUT2D eigenvalue weighted by Crippen LogP contribution is -1.99. The van der Waals surface area contributed by atoms with Crippen LogP contribution in [0.1, 0.15) is 17.5 Å². The fraction of sp³-hybridized carbons (Fsp3) is 0.200. The zero-order chi connectivity index (χ0) is 15.0. The predicted molar refractivity (Wildman–Crippen MR) is 84.2 cm³/mol. The molecule has 0 bridgehead atoms. The Morgan fingerprint density at radius 3 is 2.71 bits per heavy atom. The van der Waals surface area contributed by atoms with Crippen molar-refractivity contribution in [2.75, 3.05) is 0 Å². The van der Waals surface area contributed by atoms with Gasteiger partial charge in [0.15, 0.2) is 4.96 Å². The van der Waals surface area contributed by atoms with E-state index in [2.05, 4.69) is 11.9 Å². The Kier molecular flexibility index (Phi) is 3.69. The smallest absolute Gasteiger partial charge is 0.309 e. The number of benzene rings is 1. The molecule has 1 N–H and O–H groups in total. The standard InChI is InChI=1S/C15H13ClN2O2S/c1-2-12-14(9-3-5-10(16)6-4-9)18-8-11(7-13(19)20)17-15(18)21-12/h3-6,8H,2,7H2,1H3,(H,19,20). The topological polar surface area (TPSA) is 54.6 Å². The second-order valence-electron chi connectivity index (χ2n) is 4.69. The second-order valence-corrected chi connectivity index (χ2v) is 6.19. The predicted octanol–water partition coefficient (Wildman–Crippen LogP) is 3.91. The van der Waals surface area contributed by atoms with E-state index in [4.69, 9.17) is 16.7 Å². The lowest BCUT2D eigenvalue weighted by Gasteiger charge is -2.03. The molecule has 0 atom stereocenters. The number of nitrogens with zero attached hydrogens (tertiary/aromatic N) is 2. The van der Waals surface area contributed by atoms with Gasteiger partial charge in [-0.3, -0.25) is 9.20 Å². The van der Waals surface area contributed by atoms with Gasteiger partial charge in [0, 0.05) is 16.1 Å². The quantitative estimate of drug-likeness (QED) is 0.793. The van der Waals surface area contributed by atoms with Crippen molar-refractivity contribution in [2.45, 2.75) is 19.8 Å². The van der Waals surface area contributed by atoms with Crippen LogP contribution in [0.2, 0.25) is 5.02 Å². The minimum absolute atomic E-state index is 0.0596. The van der Waals surface area contributed by atoms with E-state index < -0.39 is 5.97 Å². The lowest BCUT2D eigenvalue weighted by molar-refractivity contribution is -0.136. The van der Waals surface area contributed by atoms with Gasteiger partial charge in [0.25, 0.3) is 0 Å². The van der Waals surface area contributed by atoms with E-state index in [0.717, 1.165) is 22.6 Å². The van der Waals surface area contributed by atoms with E-state index in [9.17, 15) is 4.79 Å². The summed E-state index contributed by atoms with van der Waals surface area (Å²) in [5.41, 5.74) is 2.70. The fourth-order valence-corrected chi connectivity index (χ4v) is 3.53. The molecule has 0 unspecified atom stereocenters. The van der Waals surface area contributed by atoms with Crippen LogP contribution in [0.4, 0.5) is 0 Å². The summed E-state index contributed by atoms with van der Waals surface area (Å²) in [5, 5.41) is 9.58. The van der Waals surface area contributed by atoms with Crippen molar-refractivity contribution in [3.8, 4) is 11.3 Å². The summed E-state index contributed by atoms with van der Waals surface area (Å²) in [7, 11) is 0. The molecule has 108 valence electrons. The first kappa shape index (κ1) is 14.1. The molecule has 0 radical (unpaired) electrons. The first-order chi connectivity index (χ1) is 10.1. The fourth-order valence-electron chi connectivity index (χ4n) is 2.32. The van der Waals surface area contributed by atoms with Gasteiger partial charge in [-0.15, -0.1) is 11.3 Å². The number of hydrogen-bond donors (Lipinski definition) is 1. The molecule has 0 saturated carbocycles. The number of rotatable bonds is 4. The second kappa shape index (κ2) is 5.50. The number of thiazole rings is 1. The summed E-state index contributed by atoms with van der Waals surface area (Å²) in [6.45, 7) is 2.10. The zero-order valence-corrected chi connectivity index (χ0v) is 12.9. The number of aryl methyl sites for hydroxylation is 1. The van der Waals surface area contributed by atoms with E-state index in [1.54, 1.807) is 11.3 Å². The van der Waals surface area contributed by atoms with Gasteiger partial charge in [-0.05, 0) is 24.1 Å². The Hall–Kier alpha value is -1.85. The van der Waals surface area contributed by atoms with Crippen molar-refractivity contribution in [2.24, 2.45) is 0 Å². The van der Waals surface area contributed by atoms with E-state index in [-0.39, 0.29) is 6.42 Å². The highest BCUT2D eigenvalue weighted by atomic mass is 35.5. The van der Waals surface area contributed by atoms with Crippen molar-refractivity contribution in [3.05, 3.63) is 46.1 Å². The van der Waals surface area contributed by atoms with Crippen LogP contribution in [-0.4, -0.2) is 20.5 Å². The van der Waals surface area contributed by atoms with Crippen LogP contribution in [0.15, 0.2) is 30.5 Å². The number of aromatic nitrogens is 2. The molecule has 0 aliphatic heterocycles. The first-order valence-corrected chi connectivity index (χ1v) is 7.75. The summed E-state index contributed by atoms with van der Waals surface area (Å²) < 4.78 is 1.98. The molecule has 0 amide bonds. The Morgan fingerprint density at radius 2 is 2.10 bits per heavy atom. The molecule has 21 heavy (non-hydrogen) atoms. The molecule has 0 saturated heterocycles. The van der Waals surface area contributed by atoms with E-state index in [1.807, 2.05) is 34.9 Å². The average molecular weight is 321 g/mol. The van der Waals surface area contributed by atoms with Gasteiger partial charge in [-0.1, -0.05) is 30.7 Å². The number of halogens is 1. The Bertz CT molecular complexity index is 805. The monoisotopic (exact) mass is 320 g/mol. The van der Waals surface area contributed by atoms with Crippen molar-refractivity contribution >= 4 is 33.9 Å². The summed E-state index contributed by atoms with van der Waals surface area (Å²) >= 11 is 7.54. The number of hydrogen-bond acceptors (Lipinski definition) is 3. The Morgan fingerprint density at radius 1 is 1.38 bits per heavy atom. The van der Waals surface area contributed by atoms with Crippen LogP contribution in [0.5, 0.6) is 0 Å². The zero-order valence-electron chi connectivity index (χ0n) is 11.3. The van der Waals surface area contributed by atoms with Crippen LogP contribution < -0.4 is 0 Å². The lowest BCUT2D eigenvalue weighted by atomic mass is 10.1. The number of carbonyl (C=O) groups is 1. The summed E-state index contributed by atoms with van der Waals surface area (Å²) in [6, 6.07) is 7.66. The largest absolute Gasteiger partial charge is 0.481 e. The van der Waals surface area contributed by atoms with Gasteiger partial charge in [-0.2, -0.15) is 0 Å². The molecule has 2 heterocycles. The highest BCUT2D eigenvalue weighted by molar-refractivity contribution is 7.17. The third kappa shape index (κ3) is 2.66. The van der Waals surface area contributed by atoms with Crippen LogP contribution in [-0.2, 0) is 17.6 Å². The maximum absolute atomic E-state index is 10.8. The third-order valence-electron chi connectivity index (χ3n) is 3.21. The minimum Gasteiger partial charge on any atom is -0.481 e. The summed E-state index contributed by atoms with van der Waals surface area (Å²) in [6.07, 6.45) is 2.65. The highest BCUT2D eigenvalue weighted by Crippen LogP contribution is 2.33. The molecule has 1 aromatic carbocycles. The number of imidazole rings is 1. The molecule has 3 aromatic rings. The van der Waals surface area contributed by atoms with Crippen molar-refractivity contribution in [1.82, 2.24) is 9.38 Å². The normalized spacial score (nSPS) is 11.1. The van der Waals surface area contributed by atoms with Crippen LogP contribution in [0, 0.1) is 0 Å². The van der Waals surface area contributed by atoms with Gasteiger partial charge >= 0.3 is 5.97 Å². The molecule has 0 spiro atoms. The number of fused-ring (bicyclic) bond motifs is 1. The van der Waals surface area contributed by atoms with Crippen molar-refractivity contribution in [3.63, 3.8) is 0 Å². The molecule has 0 fully saturated rings. The van der Waals surface area contributed by atoms with E-state index >= 15 is 0 Å². The van der Waals surface area contributed by atoms with Crippen LogP contribution >= 0.6 is 22.9 Å². The van der Waals surface area contributed by atoms with Crippen LogP contribution in [0.25, 0.3) is 16.2 Å². The van der Waals surface area contributed by atoms with Gasteiger partial charge in [0.1, 0.15) is 0 Å². The maximum atomic E-state index is 10.8. The average Bonchev–Trinajstić information content (AvgIpc) is 2.95. The summed E-state index contributed by atoms with van der Waals surface area (Å²) in [5.74, 6) is -0.871. The molecule has 3 rings (SSSR count). The highest BCUT2D eigenvalue weighted by Gasteiger charge is 2.16. The van der Waals surface area contributed by atoms with E-state index in [1.165, 1.54) is 4.88 Å². The molecule has 0 aliphatic carbocycles. The van der Waals surface area contributed by atoms with Gasteiger partial charge in [0.05, 0.1) is 17.8 Å². The van der Waals surface area contributed by atoms with Gasteiger partial charge in [0.2, 0.25) is 0 Å². The SMILES string of the molecule is CCc1sc2nc(CC(=O)O)cn2c1-c1ccc(Cl)cc1. The Balaban J connectivity index is 2.16. The molecule has 6 heteroatoms. The molecule has 0 aliphatic rings. The first-order valence-electron chi connectivity index (χ1n) is 6.56. The summed E-state index contributed by atoms with van der Waals surface area (Å²) in [4.78, 5) is 17.3. The molecule has 4 nitrogen and oxygen atoms in total. The van der Waals surface area contributed by atoms with Crippen molar-refractivity contribution < 1.29 is 9.90 Å². The molecular formula is C15H13ClN2O2S. The van der Waals surface area contributed by atoms with Gasteiger partial charge < -0.3 is 5.11 Å². The van der Waals surface area contributed by atoms with Crippen LogP contribution in [0.3, 0.4) is 0 Å². The number of carboxylic acid groups (broad SMARTS) is 1. The number of aliphatic carboxylic acids is 1. The Labute approximate surface area is 130 Å². The molecule has 2 aromatic heterocycles. The van der Waals surface area contributed by atoms with E-state index in [0.29, 0.717) is 10.7 Å². The molecular weight excluding hydrogens is 308 g/mol.